The molecular weight excluding hydrogens is 750 g/mol. The summed E-state index contributed by atoms with van der Waals surface area (Å²) >= 11 is 0. The average Bonchev–Trinajstić information content (AvgIpc) is 3.52. The van der Waals surface area contributed by atoms with Crippen molar-refractivity contribution in [2.24, 2.45) is 0 Å². The van der Waals surface area contributed by atoms with E-state index in [2.05, 4.69) is 9.69 Å². The van der Waals surface area contributed by atoms with Crippen LogP contribution in [0, 0.1) is 94.0 Å². The number of fused-ring (bicyclic) bond motifs is 3. The first kappa shape index (κ1) is 36.7. The maximum Gasteiger partial charge on any atom is 0.270 e. The van der Waals surface area contributed by atoms with Gasteiger partial charge >= 0.3 is 0 Å². The number of rotatable bonds is 4. The molecule has 4 nitrogen and oxygen atoms in total. The van der Waals surface area contributed by atoms with Gasteiger partial charge in [-0.2, -0.15) is 5.26 Å². The molecule has 0 unspecified atom stereocenters. The molecule has 6 aromatic rings. The van der Waals surface area contributed by atoms with Crippen molar-refractivity contribution in [1.82, 2.24) is 0 Å². The van der Waals surface area contributed by atoms with E-state index in [1.54, 1.807) is 0 Å². The quantitative estimate of drug-likeness (QED) is 0.0589. The Morgan fingerprint density at radius 2 is 0.821 bits per heavy atom. The summed E-state index contributed by atoms with van der Waals surface area (Å²) in [4.78, 5) is 6.90. The van der Waals surface area contributed by atoms with Gasteiger partial charge in [0.25, 0.3) is 5.70 Å². The highest BCUT2D eigenvalue weighted by Crippen LogP contribution is 2.52. The zero-order chi connectivity index (χ0) is 40.3. The van der Waals surface area contributed by atoms with Crippen LogP contribution >= 0.6 is 0 Å². The van der Waals surface area contributed by atoms with Crippen LogP contribution in [-0.4, -0.2) is 0 Å². The summed E-state index contributed by atoms with van der Waals surface area (Å²) in [5.74, 6) is -21.4. The van der Waals surface area contributed by atoms with Crippen molar-refractivity contribution in [2.75, 3.05) is 0 Å². The lowest BCUT2D eigenvalue weighted by Gasteiger charge is -2.13. The maximum absolute atomic E-state index is 14.6. The summed E-state index contributed by atoms with van der Waals surface area (Å²) in [7, 11) is 0. The third-order valence-electron chi connectivity index (χ3n) is 9.21. The van der Waals surface area contributed by atoms with Gasteiger partial charge in [0.05, 0.1) is 42.0 Å². The highest BCUT2D eigenvalue weighted by molar-refractivity contribution is 6.07. The average molecular weight is 763 g/mol. The van der Waals surface area contributed by atoms with Crippen LogP contribution in [0.25, 0.3) is 70.9 Å². The summed E-state index contributed by atoms with van der Waals surface area (Å²) in [5, 5.41) is 20.0. The number of nitriles is 2. The minimum absolute atomic E-state index is 0.00495. The van der Waals surface area contributed by atoms with E-state index in [0.29, 0.717) is 11.1 Å². The van der Waals surface area contributed by atoms with E-state index in [1.807, 2.05) is 12.1 Å². The van der Waals surface area contributed by atoms with Gasteiger partial charge in [0.2, 0.25) is 11.6 Å². The van der Waals surface area contributed by atoms with E-state index in [-0.39, 0.29) is 67.0 Å². The Morgan fingerprint density at radius 1 is 0.446 bits per heavy atom. The first-order valence-electron chi connectivity index (χ1n) is 15.7. The van der Waals surface area contributed by atoms with Gasteiger partial charge in [-0.3, -0.25) is 0 Å². The zero-order valence-electron chi connectivity index (χ0n) is 27.5. The van der Waals surface area contributed by atoms with Gasteiger partial charge in [0.15, 0.2) is 52.2 Å². The summed E-state index contributed by atoms with van der Waals surface area (Å²) < 4.78 is 141. The number of hydrogen-bond donors (Lipinski definition) is 0. The van der Waals surface area contributed by atoms with Gasteiger partial charge in [-0.1, -0.05) is 54.6 Å². The molecule has 0 radical (unpaired) electrons. The molecule has 0 aromatic heterocycles. The van der Waals surface area contributed by atoms with E-state index in [9.17, 15) is 54.4 Å². The minimum atomic E-state index is -2.32. The lowest BCUT2D eigenvalue weighted by molar-refractivity contribution is 0.381. The predicted molar refractivity (Wildman–Crippen MR) is 182 cm³/mol. The predicted octanol–water partition coefficient (Wildman–Crippen LogP) is 12.4. The third kappa shape index (κ3) is 5.43. The van der Waals surface area contributed by atoms with Crippen LogP contribution in [0.1, 0.15) is 16.7 Å². The molecule has 1 aliphatic rings. The third-order valence-corrected chi connectivity index (χ3v) is 9.21. The van der Waals surface area contributed by atoms with Crippen LogP contribution in [0.2, 0.25) is 0 Å². The van der Waals surface area contributed by atoms with Crippen LogP contribution in [0.15, 0.2) is 78.5 Å². The van der Waals surface area contributed by atoms with Crippen LogP contribution in [0.3, 0.4) is 0 Å². The summed E-state index contributed by atoms with van der Waals surface area (Å²) in [6.07, 6.45) is 0. The normalized spacial score (nSPS) is 12.2. The minimum Gasteiger partial charge on any atom is -0.237 e. The Bertz CT molecular complexity index is 2690. The van der Waals surface area contributed by atoms with Gasteiger partial charge in [-0.25, -0.2) is 58.9 Å². The standard InChI is InChI=1S/C42H12F10N4/c1-55-28-14-27-25(13-23(28)18-5-9-20(10-6-18)31-35(45)39(49)42(52)40(50)36(31)46)24-12-22(21(15-53)11-26(24)32(27)29(16-54)56-2)17-3-7-19(8-4-17)30-33(43)37(47)41(51)38(48)34(30)44/h3-14H/b32-29-. The monoisotopic (exact) mass is 762 g/mol. The van der Waals surface area contributed by atoms with Crippen LogP contribution in [0.5, 0.6) is 0 Å². The molecule has 0 heterocycles. The van der Waals surface area contributed by atoms with Crippen molar-refractivity contribution < 1.29 is 43.9 Å². The highest BCUT2D eigenvalue weighted by atomic mass is 19.2. The Balaban J connectivity index is 1.39. The summed E-state index contributed by atoms with van der Waals surface area (Å²) in [5.41, 5.74) is -1.24. The molecule has 14 heteroatoms. The molecule has 7 rings (SSSR count). The smallest absolute Gasteiger partial charge is 0.237 e. The fraction of sp³-hybridized carbons (Fsp3) is 0. The number of allylic oxidation sites excluding steroid dienone is 1. The van der Waals surface area contributed by atoms with Crippen LogP contribution in [-0.2, 0) is 0 Å². The second-order valence-electron chi connectivity index (χ2n) is 12.1. The Kier molecular flexibility index (Phi) is 8.92. The highest BCUT2D eigenvalue weighted by Gasteiger charge is 2.31. The van der Waals surface area contributed by atoms with Gasteiger partial charge < -0.3 is 0 Å². The van der Waals surface area contributed by atoms with Crippen molar-refractivity contribution in [3.05, 3.63) is 176 Å². The van der Waals surface area contributed by atoms with E-state index in [1.165, 1.54) is 48.5 Å². The van der Waals surface area contributed by atoms with E-state index in [0.717, 1.165) is 24.3 Å². The number of benzene rings is 6. The Labute approximate surface area is 309 Å². The van der Waals surface area contributed by atoms with Crippen molar-refractivity contribution in [1.29, 1.82) is 10.5 Å². The van der Waals surface area contributed by atoms with Crippen LogP contribution in [0.4, 0.5) is 49.6 Å². The lowest BCUT2D eigenvalue weighted by Crippen LogP contribution is -2.04. The number of hydrogen-bond acceptors (Lipinski definition) is 2. The molecule has 270 valence electrons. The molecule has 0 spiro atoms. The summed E-state index contributed by atoms with van der Waals surface area (Å²) in [6, 6.07) is 19.1. The summed E-state index contributed by atoms with van der Waals surface area (Å²) in [6.45, 7) is 15.5. The van der Waals surface area contributed by atoms with E-state index < -0.39 is 69.3 Å². The molecule has 0 fully saturated rings. The molecule has 0 bridgehead atoms. The second-order valence-corrected chi connectivity index (χ2v) is 12.1. The molecule has 0 amide bonds. The molecule has 56 heavy (non-hydrogen) atoms. The van der Waals surface area contributed by atoms with Crippen molar-refractivity contribution in [3.63, 3.8) is 0 Å². The molecule has 0 atom stereocenters. The fourth-order valence-corrected chi connectivity index (χ4v) is 6.59. The first-order chi connectivity index (χ1) is 26.8. The maximum atomic E-state index is 14.6. The van der Waals surface area contributed by atoms with Crippen molar-refractivity contribution in [2.45, 2.75) is 0 Å². The Morgan fingerprint density at radius 3 is 1.21 bits per heavy atom. The first-order valence-corrected chi connectivity index (χ1v) is 15.7. The van der Waals surface area contributed by atoms with Crippen molar-refractivity contribution >= 4 is 11.3 Å². The van der Waals surface area contributed by atoms with Gasteiger partial charge in [-0.05, 0) is 68.3 Å². The largest absolute Gasteiger partial charge is 0.270 e. The van der Waals surface area contributed by atoms with Gasteiger partial charge in [-0.15, -0.1) is 0 Å². The molecule has 6 aromatic carbocycles. The van der Waals surface area contributed by atoms with Gasteiger partial charge in [0.1, 0.15) is 0 Å². The number of halogens is 10. The molecule has 0 aliphatic heterocycles. The van der Waals surface area contributed by atoms with Gasteiger partial charge in [0, 0.05) is 11.1 Å². The molecule has 0 saturated heterocycles. The molecular formula is C42H12F10N4. The lowest BCUT2D eigenvalue weighted by atomic mass is 9.91. The molecule has 0 N–H and O–H groups in total. The zero-order valence-corrected chi connectivity index (χ0v) is 27.5. The number of nitrogens with zero attached hydrogens (tertiary/aromatic N) is 4. The molecule has 0 saturated carbocycles. The van der Waals surface area contributed by atoms with E-state index >= 15 is 0 Å². The fourth-order valence-electron chi connectivity index (χ4n) is 6.59. The van der Waals surface area contributed by atoms with Crippen molar-refractivity contribution in [3.8, 4) is 67.8 Å². The topological polar surface area (TPSA) is 56.3 Å². The second kappa shape index (κ2) is 13.6. The van der Waals surface area contributed by atoms with E-state index in [4.69, 9.17) is 13.1 Å². The Hall–Kier alpha value is -7.68. The SMILES string of the molecule is [C-]#[N+]/C(C#N)=C1/c2cc(C#N)c(-c3ccc(-c4c(F)c(F)c(F)c(F)c4F)cc3)cc2-c2cc(-c3ccc(-c4c(F)c(F)c(F)c(F)c4F)cc3)c([N+]#[C-])cc21. The van der Waals surface area contributed by atoms with Crippen LogP contribution < -0.4 is 0 Å². The molecule has 1 aliphatic carbocycles.